The fourth-order valence-corrected chi connectivity index (χ4v) is 2.53. The lowest BCUT2D eigenvalue weighted by Crippen LogP contribution is -2.26. The van der Waals surface area contributed by atoms with E-state index in [0.29, 0.717) is 6.54 Å². The number of hydrogen-bond acceptors (Lipinski definition) is 4. The van der Waals surface area contributed by atoms with Crippen molar-refractivity contribution in [2.24, 2.45) is 0 Å². The van der Waals surface area contributed by atoms with Gasteiger partial charge in [0.25, 0.3) is 15.0 Å². The van der Waals surface area contributed by atoms with Crippen molar-refractivity contribution in [2.75, 3.05) is 13.6 Å². The first-order chi connectivity index (χ1) is 7.77. The zero-order valence-corrected chi connectivity index (χ0v) is 11.4. The maximum absolute atomic E-state index is 11.8. The van der Waals surface area contributed by atoms with E-state index >= 15 is 0 Å². The Morgan fingerprint density at radius 3 is 2.53 bits per heavy atom. The van der Waals surface area contributed by atoms with Gasteiger partial charge in [0.2, 0.25) is 0 Å². The van der Waals surface area contributed by atoms with E-state index < -0.39 is 9.05 Å². The van der Waals surface area contributed by atoms with Gasteiger partial charge in [-0.15, -0.1) is 0 Å². The van der Waals surface area contributed by atoms with Crippen molar-refractivity contribution in [3.8, 4) is 0 Å². The predicted octanol–water partition coefficient (Wildman–Crippen LogP) is 2.00. The fraction of sp³-hybridized carbons (Fsp3) is 0.500. The van der Waals surface area contributed by atoms with Gasteiger partial charge in [0.15, 0.2) is 5.76 Å². The first-order valence-corrected chi connectivity index (χ1v) is 7.38. The molecule has 5 nitrogen and oxygen atoms in total. The summed E-state index contributed by atoms with van der Waals surface area (Å²) in [4.78, 5) is 13.1. The molecule has 0 bridgehead atoms. The van der Waals surface area contributed by atoms with Crippen molar-refractivity contribution in [2.45, 2.75) is 25.2 Å². The Morgan fingerprint density at radius 1 is 1.53 bits per heavy atom. The summed E-state index contributed by atoms with van der Waals surface area (Å²) >= 11 is 0. The number of aryl methyl sites for hydroxylation is 1. The summed E-state index contributed by atoms with van der Waals surface area (Å²) in [6.45, 7) is 3.96. The molecule has 17 heavy (non-hydrogen) atoms. The minimum atomic E-state index is -3.88. The molecule has 1 aromatic heterocycles. The van der Waals surface area contributed by atoms with E-state index in [0.717, 1.165) is 12.5 Å². The molecule has 0 radical (unpaired) electrons. The van der Waals surface area contributed by atoms with Gasteiger partial charge in [-0.3, -0.25) is 4.79 Å². The third kappa shape index (κ3) is 3.23. The Labute approximate surface area is 105 Å². The van der Waals surface area contributed by atoms with Gasteiger partial charge in [0, 0.05) is 30.3 Å². The second-order valence-corrected chi connectivity index (χ2v) is 6.23. The van der Waals surface area contributed by atoms with E-state index in [1.807, 2.05) is 6.92 Å². The van der Waals surface area contributed by atoms with Crippen molar-refractivity contribution in [1.82, 2.24) is 4.90 Å². The number of furan rings is 1. The summed E-state index contributed by atoms with van der Waals surface area (Å²) in [6.07, 6.45) is 0.808. The summed E-state index contributed by atoms with van der Waals surface area (Å²) in [5, 5.41) is 0. The van der Waals surface area contributed by atoms with E-state index in [1.54, 1.807) is 7.05 Å². The minimum absolute atomic E-state index is 0.0160. The number of nitrogens with zero attached hydrogens (tertiary/aromatic N) is 1. The zero-order chi connectivity index (χ0) is 13.2. The molecule has 1 rings (SSSR count). The van der Waals surface area contributed by atoms with Crippen LogP contribution >= 0.6 is 10.7 Å². The van der Waals surface area contributed by atoms with Gasteiger partial charge in [0.1, 0.15) is 10.7 Å². The van der Waals surface area contributed by atoms with E-state index in [-0.39, 0.29) is 22.3 Å². The van der Waals surface area contributed by atoms with Crippen LogP contribution in [0.25, 0.3) is 0 Å². The van der Waals surface area contributed by atoms with E-state index in [4.69, 9.17) is 15.1 Å². The molecular formula is C10H14ClNO4S. The molecule has 1 aromatic rings. The molecule has 0 aromatic carbocycles. The number of carbonyl (C=O) groups excluding carboxylic acids is 1. The van der Waals surface area contributed by atoms with Gasteiger partial charge in [0.05, 0.1) is 0 Å². The summed E-state index contributed by atoms with van der Waals surface area (Å²) in [5.41, 5.74) is 0. The molecule has 0 saturated heterocycles. The SMILES string of the molecule is CCCN(C)C(=O)c1cc(S(=O)(=O)Cl)c(C)o1. The highest BCUT2D eigenvalue weighted by molar-refractivity contribution is 8.13. The van der Waals surface area contributed by atoms with Crippen LogP contribution in [0.1, 0.15) is 29.7 Å². The molecule has 0 fully saturated rings. The van der Waals surface area contributed by atoms with E-state index in [1.165, 1.54) is 11.8 Å². The molecule has 0 atom stereocenters. The van der Waals surface area contributed by atoms with Crippen molar-refractivity contribution >= 4 is 25.6 Å². The first kappa shape index (κ1) is 14.1. The van der Waals surface area contributed by atoms with Crippen LogP contribution in [0.15, 0.2) is 15.4 Å². The van der Waals surface area contributed by atoms with Crippen LogP contribution in [-0.2, 0) is 9.05 Å². The second-order valence-electron chi connectivity index (χ2n) is 3.70. The molecule has 0 N–H and O–H groups in total. The van der Waals surface area contributed by atoms with Crippen molar-refractivity contribution in [3.63, 3.8) is 0 Å². The Morgan fingerprint density at radius 2 is 2.12 bits per heavy atom. The summed E-state index contributed by atoms with van der Waals surface area (Å²) in [6, 6.07) is 1.16. The number of amides is 1. The van der Waals surface area contributed by atoms with Crippen LogP contribution in [0.3, 0.4) is 0 Å². The largest absolute Gasteiger partial charge is 0.455 e. The third-order valence-corrected chi connectivity index (χ3v) is 3.68. The van der Waals surface area contributed by atoms with Crippen molar-refractivity contribution < 1.29 is 17.6 Å². The van der Waals surface area contributed by atoms with Gasteiger partial charge < -0.3 is 9.32 Å². The molecule has 0 saturated carbocycles. The Hall–Kier alpha value is -1.01. The number of hydrogen-bond donors (Lipinski definition) is 0. The summed E-state index contributed by atoms with van der Waals surface area (Å²) in [7, 11) is 2.96. The molecule has 0 aliphatic heterocycles. The normalized spacial score (nSPS) is 11.5. The topological polar surface area (TPSA) is 67.6 Å². The number of rotatable bonds is 4. The molecule has 1 heterocycles. The van der Waals surface area contributed by atoms with Crippen LogP contribution in [0.4, 0.5) is 0 Å². The fourth-order valence-electron chi connectivity index (χ4n) is 1.44. The second kappa shape index (κ2) is 5.10. The molecule has 1 amide bonds. The van der Waals surface area contributed by atoms with Crippen LogP contribution < -0.4 is 0 Å². The maximum atomic E-state index is 11.8. The molecule has 0 aliphatic rings. The standard InChI is InChI=1S/C10H14ClNO4S/c1-4-5-12(3)10(13)8-6-9(7(2)16-8)17(11,14)15/h6H,4-5H2,1-3H3. The van der Waals surface area contributed by atoms with Crippen LogP contribution in [0, 0.1) is 6.92 Å². The van der Waals surface area contributed by atoms with Crippen molar-refractivity contribution in [1.29, 1.82) is 0 Å². The van der Waals surface area contributed by atoms with E-state index in [9.17, 15) is 13.2 Å². The molecular weight excluding hydrogens is 266 g/mol. The lowest BCUT2D eigenvalue weighted by atomic mass is 10.3. The minimum Gasteiger partial charge on any atom is -0.455 e. The maximum Gasteiger partial charge on any atom is 0.289 e. The smallest absolute Gasteiger partial charge is 0.289 e. The van der Waals surface area contributed by atoms with Gasteiger partial charge in [-0.2, -0.15) is 0 Å². The monoisotopic (exact) mass is 279 g/mol. The first-order valence-electron chi connectivity index (χ1n) is 5.08. The predicted molar refractivity (Wildman–Crippen MR) is 63.7 cm³/mol. The molecule has 0 spiro atoms. The number of carbonyl (C=O) groups is 1. The average Bonchev–Trinajstić information content (AvgIpc) is 2.59. The van der Waals surface area contributed by atoms with Gasteiger partial charge >= 0.3 is 0 Å². The quantitative estimate of drug-likeness (QED) is 0.791. The third-order valence-electron chi connectivity index (χ3n) is 2.25. The van der Waals surface area contributed by atoms with Crippen LogP contribution in [0.2, 0.25) is 0 Å². The lowest BCUT2D eigenvalue weighted by Gasteiger charge is -2.13. The van der Waals surface area contributed by atoms with Crippen LogP contribution in [-0.4, -0.2) is 32.8 Å². The summed E-state index contributed by atoms with van der Waals surface area (Å²) < 4.78 is 27.4. The van der Waals surface area contributed by atoms with Gasteiger partial charge in [-0.1, -0.05) is 6.92 Å². The Bertz CT molecular complexity index is 520. The molecule has 0 unspecified atom stereocenters. The lowest BCUT2D eigenvalue weighted by molar-refractivity contribution is 0.0762. The highest BCUT2D eigenvalue weighted by Gasteiger charge is 2.23. The summed E-state index contributed by atoms with van der Waals surface area (Å²) in [5.74, 6) is -0.257. The van der Waals surface area contributed by atoms with Crippen molar-refractivity contribution in [3.05, 3.63) is 17.6 Å². The number of halogens is 1. The van der Waals surface area contributed by atoms with Gasteiger partial charge in [-0.25, -0.2) is 8.42 Å². The van der Waals surface area contributed by atoms with Gasteiger partial charge in [-0.05, 0) is 13.3 Å². The Kier molecular flexibility index (Phi) is 4.21. The zero-order valence-electron chi connectivity index (χ0n) is 9.86. The van der Waals surface area contributed by atoms with Crippen LogP contribution in [0.5, 0.6) is 0 Å². The highest BCUT2D eigenvalue weighted by atomic mass is 35.7. The molecule has 96 valence electrons. The molecule has 7 heteroatoms. The Balaban J connectivity index is 3.06. The van der Waals surface area contributed by atoms with E-state index in [2.05, 4.69) is 0 Å². The average molecular weight is 280 g/mol. The highest BCUT2D eigenvalue weighted by Crippen LogP contribution is 2.24. The molecule has 0 aliphatic carbocycles.